The SMILES string of the molecule is C[C@H](O)c1cc(F)ccc1Oc1ccc2cccnc2c1. The van der Waals surface area contributed by atoms with Crippen molar-refractivity contribution >= 4 is 10.9 Å². The summed E-state index contributed by atoms with van der Waals surface area (Å²) in [7, 11) is 0. The van der Waals surface area contributed by atoms with Crippen LogP contribution in [0, 0.1) is 5.82 Å². The maximum absolute atomic E-state index is 13.3. The molecule has 0 saturated carbocycles. The monoisotopic (exact) mass is 283 g/mol. The highest BCUT2D eigenvalue weighted by Gasteiger charge is 2.11. The summed E-state index contributed by atoms with van der Waals surface area (Å²) in [6.45, 7) is 1.57. The van der Waals surface area contributed by atoms with Gasteiger partial charge in [0.1, 0.15) is 17.3 Å². The Morgan fingerprint density at radius 1 is 1.14 bits per heavy atom. The molecule has 4 heteroatoms. The summed E-state index contributed by atoms with van der Waals surface area (Å²) in [6.07, 6.45) is 0.903. The lowest BCUT2D eigenvalue weighted by atomic mass is 10.1. The van der Waals surface area contributed by atoms with Crippen molar-refractivity contribution in [2.45, 2.75) is 13.0 Å². The molecule has 0 aliphatic carbocycles. The molecule has 0 unspecified atom stereocenters. The van der Waals surface area contributed by atoms with Gasteiger partial charge < -0.3 is 9.84 Å². The molecule has 0 amide bonds. The number of pyridine rings is 1. The first kappa shape index (κ1) is 13.5. The topological polar surface area (TPSA) is 42.4 Å². The Bertz CT molecular complexity index is 787. The fraction of sp³-hybridized carbons (Fsp3) is 0.118. The molecule has 0 aliphatic heterocycles. The third-order valence-corrected chi connectivity index (χ3v) is 3.23. The first-order valence-electron chi connectivity index (χ1n) is 6.63. The van der Waals surface area contributed by atoms with Gasteiger partial charge in [0.2, 0.25) is 0 Å². The highest BCUT2D eigenvalue weighted by molar-refractivity contribution is 5.79. The van der Waals surface area contributed by atoms with Gasteiger partial charge in [0.25, 0.3) is 0 Å². The molecule has 106 valence electrons. The van der Waals surface area contributed by atoms with Crippen molar-refractivity contribution < 1.29 is 14.2 Å². The Kier molecular flexibility index (Phi) is 3.54. The van der Waals surface area contributed by atoms with Crippen LogP contribution in [0.1, 0.15) is 18.6 Å². The first-order valence-corrected chi connectivity index (χ1v) is 6.63. The third-order valence-electron chi connectivity index (χ3n) is 3.23. The predicted octanol–water partition coefficient (Wildman–Crippen LogP) is 4.22. The minimum absolute atomic E-state index is 0.404. The molecule has 0 aliphatic rings. The zero-order valence-electron chi connectivity index (χ0n) is 11.5. The Hall–Kier alpha value is -2.46. The van der Waals surface area contributed by atoms with E-state index >= 15 is 0 Å². The van der Waals surface area contributed by atoms with Crippen molar-refractivity contribution in [1.82, 2.24) is 4.98 Å². The van der Waals surface area contributed by atoms with E-state index < -0.39 is 11.9 Å². The molecule has 3 rings (SSSR count). The summed E-state index contributed by atoms with van der Waals surface area (Å²) >= 11 is 0. The van der Waals surface area contributed by atoms with Gasteiger partial charge in [-0.15, -0.1) is 0 Å². The Balaban J connectivity index is 1.98. The summed E-state index contributed by atoms with van der Waals surface area (Å²) < 4.78 is 19.0. The normalized spacial score (nSPS) is 12.3. The highest BCUT2D eigenvalue weighted by atomic mass is 19.1. The largest absolute Gasteiger partial charge is 0.457 e. The summed E-state index contributed by atoms with van der Waals surface area (Å²) in [4.78, 5) is 4.27. The number of aliphatic hydroxyl groups is 1. The quantitative estimate of drug-likeness (QED) is 0.782. The van der Waals surface area contributed by atoms with E-state index in [4.69, 9.17) is 4.74 Å². The van der Waals surface area contributed by atoms with Crippen LogP contribution in [0.5, 0.6) is 11.5 Å². The number of nitrogens with zero attached hydrogens (tertiary/aromatic N) is 1. The number of ether oxygens (including phenoxy) is 1. The number of benzene rings is 2. The van der Waals surface area contributed by atoms with E-state index in [9.17, 15) is 9.50 Å². The van der Waals surface area contributed by atoms with Crippen LogP contribution in [0.2, 0.25) is 0 Å². The number of rotatable bonds is 3. The summed E-state index contributed by atoms with van der Waals surface area (Å²) in [5, 5.41) is 10.7. The second-order valence-electron chi connectivity index (χ2n) is 4.82. The molecule has 0 saturated heterocycles. The summed E-state index contributed by atoms with van der Waals surface area (Å²) in [6, 6.07) is 13.5. The van der Waals surface area contributed by atoms with E-state index in [1.54, 1.807) is 13.1 Å². The molecule has 3 nitrogen and oxygen atoms in total. The van der Waals surface area contributed by atoms with Crippen molar-refractivity contribution in [2.75, 3.05) is 0 Å². The lowest BCUT2D eigenvalue weighted by molar-refractivity contribution is 0.195. The number of aromatic nitrogens is 1. The van der Waals surface area contributed by atoms with Gasteiger partial charge >= 0.3 is 0 Å². The van der Waals surface area contributed by atoms with Gasteiger partial charge in [-0.3, -0.25) is 4.98 Å². The Labute approximate surface area is 121 Å². The number of hydrogen-bond acceptors (Lipinski definition) is 3. The molecule has 0 bridgehead atoms. The molecule has 1 atom stereocenters. The van der Waals surface area contributed by atoms with Crippen molar-refractivity contribution in [3.05, 3.63) is 66.1 Å². The van der Waals surface area contributed by atoms with Gasteiger partial charge in [-0.2, -0.15) is 0 Å². The van der Waals surface area contributed by atoms with E-state index in [2.05, 4.69) is 4.98 Å². The standard InChI is InChI=1S/C17H14FNO2/c1-11(20)15-9-13(18)5-7-17(15)21-14-6-4-12-3-2-8-19-16(12)10-14/h2-11,20H,1H3/t11-/m0/s1. The fourth-order valence-corrected chi connectivity index (χ4v) is 2.18. The van der Waals surface area contributed by atoms with E-state index in [0.29, 0.717) is 17.1 Å². The maximum Gasteiger partial charge on any atom is 0.133 e. The molecule has 1 aromatic heterocycles. The van der Waals surface area contributed by atoms with Gasteiger partial charge in [0, 0.05) is 23.2 Å². The molecule has 0 fully saturated rings. The van der Waals surface area contributed by atoms with Crippen LogP contribution in [-0.2, 0) is 0 Å². The van der Waals surface area contributed by atoms with Crippen LogP contribution in [0.3, 0.4) is 0 Å². The fourth-order valence-electron chi connectivity index (χ4n) is 2.18. The van der Waals surface area contributed by atoms with Gasteiger partial charge in [-0.05, 0) is 43.3 Å². The van der Waals surface area contributed by atoms with E-state index in [-0.39, 0.29) is 0 Å². The average molecular weight is 283 g/mol. The van der Waals surface area contributed by atoms with Crippen LogP contribution >= 0.6 is 0 Å². The molecule has 1 heterocycles. The van der Waals surface area contributed by atoms with Crippen LogP contribution in [0.15, 0.2) is 54.7 Å². The third kappa shape index (κ3) is 2.85. The van der Waals surface area contributed by atoms with Crippen LogP contribution in [0.4, 0.5) is 4.39 Å². The van der Waals surface area contributed by atoms with E-state index in [1.807, 2.05) is 30.3 Å². The Morgan fingerprint density at radius 2 is 2.00 bits per heavy atom. The van der Waals surface area contributed by atoms with Crippen molar-refractivity contribution in [1.29, 1.82) is 0 Å². The summed E-state index contributed by atoms with van der Waals surface area (Å²) in [5.74, 6) is 0.620. The van der Waals surface area contributed by atoms with Crippen LogP contribution in [-0.4, -0.2) is 10.1 Å². The van der Waals surface area contributed by atoms with Gasteiger partial charge in [-0.25, -0.2) is 4.39 Å². The van der Waals surface area contributed by atoms with Crippen molar-refractivity contribution in [3.63, 3.8) is 0 Å². The lowest BCUT2D eigenvalue weighted by Crippen LogP contribution is -1.97. The molecule has 21 heavy (non-hydrogen) atoms. The van der Waals surface area contributed by atoms with Crippen LogP contribution < -0.4 is 4.74 Å². The zero-order chi connectivity index (χ0) is 14.8. The predicted molar refractivity (Wildman–Crippen MR) is 78.9 cm³/mol. The van der Waals surface area contributed by atoms with E-state index in [1.165, 1.54) is 18.2 Å². The molecule has 3 aromatic rings. The van der Waals surface area contributed by atoms with Gasteiger partial charge in [0.15, 0.2) is 0 Å². The second kappa shape index (κ2) is 5.50. The molecule has 2 aromatic carbocycles. The van der Waals surface area contributed by atoms with Crippen molar-refractivity contribution in [3.8, 4) is 11.5 Å². The first-order chi connectivity index (χ1) is 10.1. The zero-order valence-corrected chi connectivity index (χ0v) is 11.5. The number of halogens is 1. The molecular formula is C17H14FNO2. The highest BCUT2D eigenvalue weighted by Crippen LogP contribution is 2.31. The van der Waals surface area contributed by atoms with E-state index in [0.717, 1.165) is 10.9 Å². The number of hydrogen-bond donors (Lipinski definition) is 1. The maximum atomic E-state index is 13.3. The molecule has 1 N–H and O–H groups in total. The number of aliphatic hydroxyl groups excluding tert-OH is 1. The smallest absolute Gasteiger partial charge is 0.133 e. The van der Waals surface area contributed by atoms with Crippen LogP contribution in [0.25, 0.3) is 10.9 Å². The molecule has 0 radical (unpaired) electrons. The van der Waals surface area contributed by atoms with Gasteiger partial charge in [-0.1, -0.05) is 6.07 Å². The summed E-state index contributed by atoms with van der Waals surface area (Å²) in [5.41, 5.74) is 1.23. The van der Waals surface area contributed by atoms with Crippen molar-refractivity contribution in [2.24, 2.45) is 0 Å². The second-order valence-corrected chi connectivity index (χ2v) is 4.82. The Morgan fingerprint density at radius 3 is 2.81 bits per heavy atom. The lowest BCUT2D eigenvalue weighted by Gasteiger charge is -2.13. The average Bonchev–Trinajstić information content (AvgIpc) is 2.49. The number of fused-ring (bicyclic) bond motifs is 1. The van der Waals surface area contributed by atoms with Gasteiger partial charge in [0.05, 0.1) is 11.6 Å². The minimum atomic E-state index is -0.811. The molecular weight excluding hydrogens is 269 g/mol. The minimum Gasteiger partial charge on any atom is -0.457 e. The molecule has 0 spiro atoms.